The standard InChI is InChI=1S/C11H19NOS/c1-4-10(7-13)12-9(3)11-6-5-8(2)14-11/h5-6,9-10,12-13H,4,7H2,1-3H3/t9-,10-/m0/s1. The van der Waals surface area contributed by atoms with Crippen LogP contribution in [0.1, 0.15) is 36.1 Å². The molecule has 3 heteroatoms. The first-order chi connectivity index (χ1) is 6.67. The number of aliphatic hydroxyl groups is 1. The van der Waals surface area contributed by atoms with E-state index in [2.05, 4.69) is 38.2 Å². The fraction of sp³-hybridized carbons (Fsp3) is 0.636. The minimum atomic E-state index is 0.213. The van der Waals surface area contributed by atoms with Gasteiger partial charge in [0.15, 0.2) is 0 Å². The van der Waals surface area contributed by atoms with Gasteiger partial charge in [-0.1, -0.05) is 6.92 Å². The van der Waals surface area contributed by atoms with Crippen molar-refractivity contribution >= 4 is 11.3 Å². The third-order valence-corrected chi connectivity index (χ3v) is 3.57. The number of rotatable bonds is 5. The normalized spacial score (nSPS) is 15.4. The van der Waals surface area contributed by atoms with Crippen LogP contribution in [-0.2, 0) is 0 Å². The Bertz CT molecular complexity index is 268. The smallest absolute Gasteiger partial charge is 0.0584 e. The highest BCUT2D eigenvalue weighted by molar-refractivity contribution is 7.12. The van der Waals surface area contributed by atoms with E-state index in [1.807, 2.05) is 11.3 Å². The lowest BCUT2D eigenvalue weighted by atomic mass is 10.2. The average molecular weight is 213 g/mol. The van der Waals surface area contributed by atoms with Gasteiger partial charge < -0.3 is 10.4 Å². The van der Waals surface area contributed by atoms with Crippen LogP contribution in [-0.4, -0.2) is 17.8 Å². The molecule has 0 aliphatic carbocycles. The van der Waals surface area contributed by atoms with Crippen LogP contribution in [0.15, 0.2) is 12.1 Å². The van der Waals surface area contributed by atoms with Crippen LogP contribution < -0.4 is 5.32 Å². The molecule has 0 unspecified atom stereocenters. The number of aliphatic hydroxyl groups excluding tert-OH is 1. The summed E-state index contributed by atoms with van der Waals surface area (Å²) < 4.78 is 0. The number of aryl methyl sites for hydroxylation is 1. The summed E-state index contributed by atoms with van der Waals surface area (Å²) in [5.41, 5.74) is 0. The van der Waals surface area contributed by atoms with E-state index in [0.29, 0.717) is 6.04 Å². The van der Waals surface area contributed by atoms with Crippen molar-refractivity contribution in [2.45, 2.75) is 39.3 Å². The number of hydrogen-bond donors (Lipinski definition) is 2. The lowest BCUT2D eigenvalue weighted by Crippen LogP contribution is -2.33. The molecule has 14 heavy (non-hydrogen) atoms. The first-order valence-electron chi connectivity index (χ1n) is 5.10. The molecule has 0 aromatic carbocycles. The molecule has 0 radical (unpaired) electrons. The third-order valence-electron chi connectivity index (χ3n) is 2.39. The summed E-state index contributed by atoms with van der Waals surface area (Å²) in [4.78, 5) is 2.68. The molecular weight excluding hydrogens is 194 g/mol. The van der Waals surface area contributed by atoms with Gasteiger partial charge in [-0.05, 0) is 32.4 Å². The second-order valence-electron chi connectivity index (χ2n) is 3.62. The molecule has 0 saturated heterocycles. The third kappa shape index (κ3) is 3.08. The number of nitrogens with one attached hydrogen (secondary N) is 1. The van der Waals surface area contributed by atoms with Crippen LogP contribution in [0.25, 0.3) is 0 Å². The molecule has 0 aliphatic heterocycles. The molecule has 1 rings (SSSR count). The maximum Gasteiger partial charge on any atom is 0.0584 e. The van der Waals surface area contributed by atoms with E-state index in [4.69, 9.17) is 5.11 Å². The van der Waals surface area contributed by atoms with Crippen LogP contribution in [0.2, 0.25) is 0 Å². The summed E-state index contributed by atoms with van der Waals surface area (Å²) in [6, 6.07) is 4.85. The Balaban J connectivity index is 2.53. The molecule has 80 valence electrons. The lowest BCUT2D eigenvalue weighted by Gasteiger charge is -2.19. The molecule has 0 bridgehead atoms. The SMILES string of the molecule is CC[C@@H](CO)N[C@@H](C)c1ccc(C)s1. The summed E-state index contributed by atoms with van der Waals surface area (Å²) in [7, 11) is 0. The molecule has 0 amide bonds. The van der Waals surface area contributed by atoms with E-state index < -0.39 is 0 Å². The fourth-order valence-electron chi connectivity index (χ4n) is 1.42. The minimum Gasteiger partial charge on any atom is -0.395 e. The second-order valence-corrected chi connectivity index (χ2v) is 4.94. The van der Waals surface area contributed by atoms with Gasteiger partial charge in [0.25, 0.3) is 0 Å². The summed E-state index contributed by atoms with van der Waals surface area (Å²) in [5, 5.41) is 12.5. The molecule has 2 nitrogen and oxygen atoms in total. The van der Waals surface area contributed by atoms with Crippen molar-refractivity contribution in [2.24, 2.45) is 0 Å². The van der Waals surface area contributed by atoms with E-state index >= 15 is 0 Å². The van der Waals surface area contributed by atoms with E-state index in [1.165, 1.54) is 9.75 Å². The summed E-state index contributed by atoms with van der Waals surface area (Å²) in [6.45, 7) is 6.55. The molecule has 2 atom stereocenters. The molecule has 1 heterocycles. The number of thiophene rings is 1. The maximum absolute atomic E-state index is 9.07. The highest BCUT2D eigenvalue weighted by atomic mass is 32.1. The van der Waals surface area contributed by atoms with Gasteiger partial charge in [-0.15, -0.1) is 11.3 Å². The Morgan fingerprint density at radius 3 is 2.64 bits per heavy atom. The first-order valence-corrected chi connectivity index (χ1v) is 5.92. The van der Waals surface area contributed by atoms with E-state index in [0.717, 1.165) is 6.42 Å². The maximum atomic E-state index is 9.07. The Kier molecular flexibility index (Phi) is 4.58. The van der Waals surface area contributed by atoms with Crippen molar-refractivity contribution in [1.82, 2.24) is 5.32 Å². The van der Waals surface area contributed by atoms with Crippen LogP contribution >= 0.6 is 11.3 Å². The summed E-state index contributed by atoms with van der Waals surface area (Å²) in [5.74, 6) is 0. The summed E-state index contributed by atoms with van der Waals surface area (Å²) in [6.07, 6.45) is 0.963. The quantitative estimate of drug-likeness (QED) is 0.787. The van der Waals surface area contributed by atoms with Crippen molar-refractivity contribution in [3.63, 3.8) is 0 Å². The Morgan fingerprint density at radius 1 is 1.50 bits per heavy atom. The minimum absolute atomic E-state index is 0.213. The zero-order valence-electron chi connectivity index (χ0n) is 9.08. The van der Waals surface area contributed by atoms with Gasteiger partial charge in [0.2, 0.25) is 0 Å². The van der Waals surface area contributed by atoms with Crippen LogP contribution in [0.5, 0.6) is 0 Å². The van der Waals surface area contributed by atoms with Crippen LogP contribution in [0, 0.1) is 6.92 Å². The Hall–Kier alpha value is -0.380. The van der Waals surface area contributed by atoms with Crippen molar-refractivity contribution in [3.8, 4) is 0 Å². The highest BCUT2D eigenvalue weighted by Crippen LogP contribution is 2.22. The molecule has 0 saturated carbocycles. The predicted molar refractivity (Wildman–Crippen MR) is 61.8 cm³/mol. The molecule has 0 spiro atoms. The molecule has 1 aromatic rings. The average Bonchev–Trinajstić information content (AvgIpc) is 2.61. The molecule has 0 fully saturated rings. The Morgan fingerprint density at radius 2 is 2.21 bits per heavy atom. The fourth-order valence-corrected chi connectivity index (χ4v) is 2.31. The molecule has 1 aromatic heterocycles. The number of hydrogen-bond acceptors (Lipinski definition) is 3. The molecule has 2 N–H and O–H groups in total. The largest absolute Gasteiger partial charge is 0.395 e. The first kappa shape index (κ1) is 11.7. The van der Waals surface area contributed by atoms with Gasteiger partial charge >= 0.3 is 0 Å². The van der Waals surface area contributed by atoms with E-state index in [9.17, 15) is 0 Å². The highest BCUT2D eigenvalue weighted by Gasteiger charge is 2.11. The predicted octanol–water partition coefficient (Wildman–Crippen LogP) is 2.48. The molecular formula is C11H19NOS. The lowest BCUT2D eigenvalue weighted by molar-refractivity contribution is 0.230. The van der Waals surface area contributed by atoms with Gasteiger partial charge in [0.1, 0.15) is 0 Å². The van der Waals surface area contributed by atoms with Gasteiger partial charge in [-0.25, -0.2) is 0 Å². The summed E-state index contributed by atoms with van der Waals surface area (Å²) >= 11 is 1.81. The van der Waals surface area contributed by atoms with Gasteiger partial charge in [0, 0.05) is 21.8 Å². The zero-order valence-corrected chi connectivity index (χ0v) is 9.90. The van der Waals surface area contributed by atoms with Crippen molar-refractivity contribution in [2.75, 3.05) is 6.61 Å². The van der Waals surface area contributed by atoms with Crippen molar-refractivity contribution in [3.05, 3.63) is 21.9 Å². The van der Waals surface area contributed by atoms with E-state index in [-0.39, 0.29) is 12.6 Å². The van der Waals surface area contributed by atoms with Gasteiger partial charge in [-0.2, -0.15) is 0 Å². The van der Waals surface area contributed by atoms with E-state index in [1.54, 1.807) is 0 Å². The van der Waals surface area contributed by atoms with Crippen LogP contribution in [0.4, 0.5) is 0 Å². The van der Waals surface area contributed by atoms with Crippen molar-refractivity contribution in [1.29, 1.82) is 0 Å². The zero-order chi connectivity index (χ0) is 10.6. The van der Waals surface area contributed by atoms with Gasteiger partial charge in [0.05, 0.1) is 6.61 Å². The topological polar surface area (TPSA) is 32.3 Å². The van der Waals surface area contributed by atoms with Crippen LogP contribution in [0.3, 0.4) is 0 Å². The van der Waals surface area contributed by atoms with Crippen molar-refractivity contribution < 1.29 is 5.11 Å². The monoisotopic (exact) mass is 213 g/mol. The Labute approximate surface area is 90.0 Å². The van der Waals surface area contributed by atoms with Gasteiger partial charge in [-0.3, -0.25) is 0 Å². The molecule has 0 aliphatic rings. The second kappa shape index (κ2) is 5.49.